The predicted octanol–water partition coefficient (Wildman–Crippen LogP) is 2.34. The highest BCUT2D eigenvalue weighted by atomic mass is 16.5. The average Bonchev–Trinajstić information content (AvgIpc) is 3.20. The molecule has 1 fully saturated rings. The van der Waals surface area contributed by atoms with Gasteiger partial charge >= 0.3 is 0 Å². The number of carbonyl (C=O) groups excluding carboxylic acids is 1. The lowest BCUT2D eigenvalue weighted by atomic mass is 10.2. The van der Waals surface area contributed by atoms with Crippen molar-refractivity contribution in [3.63, 3.8) is 0 Å². The number of nitrogens with zero attached hydrogens (tertiary/aromatic N) is 3. The summed E-state index contributed by atoms with van der Waals surface area (Å²) in [7, 11) is 0. The monoisotopic (exact) mass is 313 g/mol. The van der Waals surface area contributed by atoms with Gasteiger partial charge in [0.25, 0.3) is 11.8 Å². The first-order valence-electron chi connectivity index (χ1n) is 7.40. The molecule has 1 atom stereocenters. The number of fused-ring (bicyclic) bond motifs is 1. The Hall–Kier alpha value is -2.67. The highest BCUT2D eigenvalue weighted by molar-refractivity contribution is 5.96. The SMILES string of the molecule is Cc1noc([C@@H]2COCCN2C(=O)c2cc3ccccc3o2)n1. The molecule has 1 amide bonds. The van der Waals surface area contributed by atoms with E-state index < -0.39 is 6.04 Å². The lowest BCUT2D eigenvalue weighted by Crippen LogP contribution is -2.43. The van der Waals surface area contributed by atoms with Crippen LogP contribution < -0.4 is 0 Å². The molecule has 23 heavy (non-hydrogen) atoms. The number of ether oxygens (including phenoxy) is 1. The molecule has 0 radical (unpaired) electrons. The third-order valence-electron chi connectivity index (χ3n) is 3.85. The summed E-state index contributed by atoms with van der Waals surface area (Å²) in [5.41, 5.74) is 0.689. The average molecular weight is 313 g/mol. The topological polar surface area (TPSA) is 81.6 Å². The normalized spacial score (nSPS) is 18.5. The number of amides is 1. The number of morpholine rings is 1. The number of furan rings is 1. The molecule has 0 aliphatic carbocycles. The second-order valence-corrected chi connectivity index (χ2v) is 5.42. The summed E-state index contributed by atoms with van der Waals surface area (Å²) in [6.45, 7) is 2.98. The van der Waals surface area contributed by atoms with Gasteiger partial charge < -0.3 is 18.6 Å². The fraction of sp³-hybridized carbons (Fsp3) is 0.312. The maximum absolute atomic E-state index is 12.8. The molecule has 1 aliphatic rings. The third-order valence-corrected chi connectivity index (χ3v) is 3.85. The van der Waals surface area contributed by atoms with Gasteiger partial charge in [-0.25, -0.2) is 0 Å². The molecule has 1 aromatic carbocycles. The summed E-state index contributed by atoms with van der Waals surface area (Å²) in [5, 5.41) is 4.69. The maximum Gasteiger partial charge on any atom is 0.290 e. The van der Waals surface area contributed by atoms with Crippen LogP contribution in [0, 0.1) is 6.92 Å². The molecule has 3 heterocycles. The van der Waals surface area contributed by atoms with Crippen LogP contribution in [-0.2, 0) is 4.74 Å². The Bertz CT molecular complexity index is 821. The van der Waals surface area contributed by atoms with Gasteiger partial charge in [0.05, 0.1) is 13.2 Å². The van der Waals surface area contributed by atoms with Crippen LogP contribution in [-0.4, -0.2) is 40.7 Å². The fourth-order valence-electron chi connectivity index (χ4n) is 2.73. The van der Waals surface area contributed by atoms with Crippen molar-refractivity contribution >= 4 is 16.9 Å². The molecule has 1 saturated heterocycles. The zero-order chi connectivity index (χ0) is 15.8. The van der Waals surface area contributed by atoms with Crippen LogP contribution in [0.2, 0.25) is 0 Å². The van der Waals surface area contributed by atoms with Gasteiger partial charge in [-0.3, -0.25) is 4.79 Å². The number of benzene rings is 1. The van der Waals surface area contributed by atoms with Crippen LogP contribution in [0.25, 0.3) is 11.0 Å². The number of carbonyl (C=O) groups is 1. The van der Waals surface area contributed by atoms with E-state index in [1.54, 1.807) is 17.9 Å². The molecule has 0 saturated carbocycles. The van der Waals surface area contributed by atoms with E-state index >= 15 is 0 Å². The van der Waals surface area contributed by atoms with Crippen molar-refractivity contribution in [3.8, 4) is 0 Å². The third kappa shape index (κ3) is 2.49. The Balaban J connectivity index is 1.67. The van der Waals surface area contributed by atoms with Gasteiger partial charge in [-0.2, -0.15) is 4.98 Å². The van der Waals surface area contributed by atoms with Crippen molar-refractivity contribution in [2.24, 2.45) is 0 Å². The predicted molar refractivity (Wildman–Crippen MR) is 79.8 cm³/mol. The van der Waals surface area contributed by atoms with Crippen molar-refractivity contribution in [3.05, 3.63) is 47.8 Å². The summed E-state index contributed by atoms with van der Waals surface area (Å²) in [6.07, 6.45) is 0. The van der Waals surface area contributed by atoms with Gasteiger partial charge in [0.1, 0.15) is 11.6 Å². The van der Waals surface area contributed by atoms with E-state index in [0.29, 0.717) is 42.8 Å². The van der Waals surface area contributed by atoms with Crippen molar-refractivity contribution < 1.29 is 18.5 Å². The zero-order valence-electron chi connectivity index (χ0n) is 12.6. The highest BCUT2D eigenvalue weighted by Crippen LogP contribution is 2.27. The van der Waals surface area contributed by atoms with Crippen molar-refractivity contribution in [1.82, 2.24) is 15.0 Å². The molecule has 2 aromatic heterocycles. The molecular weight excluding hydrogens is 298 g/mol. The molecule has 118 valence electrons. The number of hydrogen-bond donors (Lipinski definition) is 0. The van der Waals surface area contributed by atoms with Gasteiger partial charge in [-0.15, -0.1) is 0 Å². The number of rotatable bonds is 2. The quantitative estimate of drug-likeness (QED) is 0.722. The zero-order valence-corrected chi connectivity index (χ0v) is 12.6. The Morgan fingerprint density at radius 2 is 2.22 bits per heavy atom. The first-order valence-corrected chi connectivity index (χ1v) is 7.40. The van der Waals surface area contributed by atoms with Crippen LogP contribution in [0.4, 0.5) is 0 Å². The molecular formula is C16H15N3O4. The fourth-order valence-corrected chi connectivity index (χ4v) is 2.73. The number of aryl methyl sites for hydroxylation is 1. The molecule has 4 rings (SSSR count). The minimum Gasteiger partial charge on any atom is -0.451 e. The van der Waals surface area contributed by atoms with Crippen LogP contribution in [0.5, 0.6) is 0 Å². The number of aromatic nitrogens is 2. The van der Waals surface area contributed by atoms with E-state index in [1.165, 1.54) is 0 Å². The maximum atomic E-state index is 12.8. The molecule has 0 unspecified atom stereocenters. The minimum atomic E-state index is -0.398. The van der Waals surface area contributed by atoms with Crippen LogP contribution in [0.3, 0.4) is 0 Å². The van der Waals surface area contributed by atoms with E-state index in [0.717, 1.165) is 5.39 Å². The van der Waals surface area contributed by atoms with Gasteiger partial charge in [0.2, 0.25) is 0 Å². The summed E-state index contributed by atoms with van der Waals surface area (Å²) in [4.78, 5) is 18.7. The molecule has 7 nitrogen and oxygen atoms in total. The second-order valence-electron chi connectivity index (χ2n) is 5.42. The smallest absolute Gasteiger partial charge is 0.290 e. The largest absolute Gasteiger partial charge is 0.451 e. The molecule has 0 bridgehead atoms. The Morgan fingerprint density at radius 3 is 3.00 bits per heavy atom. The van der Waals surface area contributed by atoms with Crippen LogP contribution in [0.15, 0.2) is 39.3 Å². The lowest BCUT2D eigenvalue weighted by molar-refractivity contribution is -0.0132. The van der Waals surface area contributed by atoms with Gasteiger partial charge in [0.15, 0.2) is 11.6 Å². The van der Waals surface area contributed by atoms with Crippen molar-refractivity contribution in [2.45, 2.75) is 13.0 Å². The van der Waals surface area contributed by atoms with E-state index in [4.69, 9.17) is 13.7 Å². The summed E-state index contributed by atoms with van der Waals surface area (Å²) in [5.74, 6) is 1.01. The Morgan fingerprint density at radius 1 is 1.35 bits per heavy atom. The first-order chi connectivity index (χ1) is 11.2. The van der Waals surface area contributed by atoms with E-state index in [9.17, 15) is 4.79 Å². The molecule has 0 spiro atoms. The van der Waals surface area contributed by atoms with E-state index in [-0.39, 0.29) is 5.91 Å². The van der Waals surface area contributed by atoms with Crippen LogP contribution in [0.1, 0.15) is 28.3 Å². The molecule has 7 heteroatoms. The van der Waals surface area contributed by atoms with Crippen LogP contribution >= 0.6 is 0 Å². The van der Waals surface area contributed by atoms with Gasteiger partial charge in [-0.05, 0) is 19.1 Å². The molecule has 1 aliphatic heterocycles. The highest BCUT2D eigenvalue weighted by Gasteiger charge is 2.34. The van der Waals surface area contributed by atoms with Crippen molar-refractivity contribution in [2.75, 3.05) is 19.8 Å². The Labute approximate surface area is 131 Å². The second kappa shape index (κ2) is 5.51. The lowest BCUT2D eigenvalue weighted by Gasteiger charge is -2.32. The van der Waals surface area contributed by atoms with E-state index in [2.05, 4.69) is 10.1 Å². The number of para-hydroxylation sites is 1. The van der Waals surface area contributed by atoms with Gasteiger partial charge in [0, 0.05) is 11.9 Å². The number of hydrogen-bond acceptors (Lipinski definition) is 6. The summed E-state index contributed by atoms with van der Waals surface area (Å²) >= 11 is 0. The van der Waals surface area contributed by atoms with Gasteiger partial charge in [-0.1, -0.05) is 23.4 Å². The molecule has 3 aromatic rings. The Kier molecular flexibility index (Phi) is 3.34. The van der Waals surface area contributed by atoms with E-state index in [1.807, 2.05) is 24.3 Å². The minimum absolute atomic E-state index is 0.203. The molecule has 0 N–H and O–H groups in total. The summed E-state index contributed by atoms with van der Waals surface area (Å²) < 4.78 is 16.4. The van der Waals surface area contributed by atoms with Crippen molar-refractivity contribution in [1.29, 1.82) is 0 Å². The first kappa shape index (κ1) is 14.0. The summed E-state index contributed by atoms with van der Waals surface area (Å²) in [6, 6.07) is 8.89. The standard InChI is InChI=1S/C16H15N3O4/c1-10-17-15(23-18-10)12-9-21-7-6-19(12)16(20)14-8-11-4-2-3-5-13(11)22-14/h2-5,8,12H,6-7,9H2,1H3/t12-/m0/s1.